The van der Waals surface area contributed by atoms with Crippen molar-refractivity contribution in [1.82, 2.24) is 0 Å². The molecular formula is C13H15BO6S. The minimum absolute atomic E-state index is 0.00419. The molecule has 2 N–H and O–H groups in total. The van der Waals surface area contributed by atoms with Gasteiger partial charge in [0.05, 0.1) is 10.1 Å². The van der Waals surface area contributed by atoms with E-state index in [4.69, 9.17) is 4.65 Å². The molecule has 2 atom stereocenters. The number of rotatable bonds is 3. The van der Waals surface area contributed by atoms with E-state index in [1.165, 1.54) is 19.9 Å². The second-order valence-electron chi connectivity index (χ2n) is 5.77. The smallest absolute Gasteiger partial charge is 0.526 e. The Labute approximate surface area is 122 Å². The molecular weight excluding hydrogens is 295 g/mol. The van der Waals surface area contributed by atoms with Crippen molar-refractivity contribution in [1.29, 1.82) is 0 Å². The molecule has 0 bridgehead atoms. The van der Waals surface area contributed by atoms with Gasteiger partial charge in [0.15, 0.2) is 9.84 Å². The number of carbonyl (C=O) groups is 1. The molecule has 112 valence electrons. The van der Waals surface area contributed by atoms with Gasteiger partial charge in [0.25, 0.3) is 0 Å². The van der Waals surface area contributed by atoms with Crippen LogP contribution in [0.2, 0.25) is 5.82 Å². The maximum atomic E-state index is 12.3. The van der Waals surface area contributed by atoms with Gasteiger partial charge in [0.2, 0.25) is 0 Å². The maximum absolute atomic E-state index is 12.3. The van der Waals surface area contributed by atoms with Crippen molar-refractivity contribution in [3.63, 3.8) is 0 Å². The average molecular weight is 310 g/mol. The molecule has 8 heteroatoms. The van der Waals surface area contributed by atoms with E-state index >= 15 is 0 Å². The number of carboxylic acids is 1. The fourth-order valence-electron chi connectivity index (χ4n) is 2.79. The van der Waals surface area contributed by atoms with E-state index in [1.54, 1.807) is 6.07 Å². The summed E-state index contributed by atoms with van der Waals surface area (Å²) in [7, 11) is -4.82. The molecule has 1 aliphatic carbocycles. The number of sulfone groups is 1. The number of carboxylic acid groups (broad SMARTS) is 1. The summed E-state index contributed by atoms with van der Waals surface area (Å²) in [6, 6.07) is 2.95. The lowest BCUT2D eigenvalue weighted by atomic mass is 9.77. The summed E-state index contributed by atoms with van der Waals surface area (Å²) in [5.41, 5.74) is 0.302. The van der Waals surface area contributed by atoms with E-state index in [2.05, 4.69) is 0 Å². The monoisotopic (exact) mass is 310 g/mol. The first-order valence-corrected chi connectivity index (χ1v) is 8.28. The van der Waals surface area contributed by atoms with Crippen LogP contribution < -0.4 is 4.65 Å². The minimum atomic E-state index is -3.75. The second kappa shape index (κ2) is 4.48. The first-order valence-electron chi connectivity index (χ1n) is 6.74. The van der Waals surface area contributed by atoms with Gasteiger partial charge in [0.1, 0.15) is 11.3 Å². The molecule has 0 saturated heterocycles. The molecule has 0 aromatic heterocycles. The first-order chi connectivity index (χ1) is 9.75. The number of hydrogen-bond acceptors (Lipinski definition) is 5. The van der Waals surface area contributed by atoms with E-state index in [1.807, 2.05) is 0 Å². The molecule has 1 aromatic rings. The maximum Gasteiger partial charge on any atom is 0.526 e. The third-order valence-electron chi connectivity index (χ3n) is 4.14. The van der Waals surface area contributed by atoms with Gasteiger partial charge >= 0.3 is 13.1 Å². The Morgan fingerprint density at radius 3 is 2.67 bits per heavy atom. The second-order valence-corrected chi connectivity index (χ2v) is 8.24. The predicted molar refractivity (Wildman–Crippen MR) is 75.4 cm³/mol. The SMILES string of the molecule is CC(C)S(=O)(=O)c1ccc2c(c1C(=O)O)OB(O)[C@@H]1C[C@H]21. The number of hydrogen-bond donors (Lipinski definition) is 2. The number of fused-ring (bicyclic) bond motifs is 3. The summed E-state index contributed by atoms with van der Waals surface area (Å²) in [5.74, 6) is -1.34. The van der Waals surface area contributed by atoms with Gasteiger partial charge in [-0.2, -0.15) is 0 Å². The molecule has 1 heterocycles. The van der Waals surface area contributed by atoms with Crippen LogP contribution in [0, 0.1) is 0 Å². The van der Waals surface area contributed by atoms with Crippen LogP contribution in [-0.2, 0) is 9.84 Å². The highest BCUT2D eigenvalue weighted by Crippen LogP contribution is 2.60. The Balaban J connectivity index is 2.25. The van der Waals surface area contributed by atoms with E-state index in [9.17, 15) is 23.3 Å². The zero-order valence-corrected chi connectivity index (χ0v) is 12.4. The predicted octanol–water partition coefficient (Wildman–Crippen LogP) is 1.30. The van der Waals surface area contributed by atoms with Crippen LogP contribution in [-0.4, -0.2) is 36.9 Å². The lowest BCUT2D eigenvalue weighted by Crippen LogP contribution is -2.28. The summed E-state index contributed by atoms with van der Waals surface area (Å²) in [5, 5.41) is 18.5. The molecule has 2 aliphatic rings. The zero-order valence-electron chi connectivity index (χ0n) is 11.6. The molecule has 1 aliphatic heterocycles. The largest absolute Gasteiger partial charge is 0.535 e. The molecule has 6 nitrogen and oxygen atoms in total. The van der Waals surface area contributed by atoms with Gasteiger partial charge in [-0.1, -0.05) is 6.07 Å². The van der Waals surface area contributed by atoms with E-state index in [0.717, 1.165) is 6.42 Å². The normalized spacial score (nSPS) is 23.3. The van der Waals surface area contributed by atoms with E-state index in [0.29, 0.717) is 5.56 Å². The Morgan fingerprint density at radius 2 is 2.10 bits per heavy atom. The van der Waals surface area contributed by atoms with Gasteiger partial charge < -0.3 is 14.8 Å². The molecule has 0 radical (unpaired) electrons. The van der Waals surface area contributed by atoms with Gasteiger partial charge in [-0.15, -0.1) is 0 Å². The molecule has 3 rings (SSSR count). The van der Waals surface area contributed by atoms with Crippen molar-refractivity contribution in [2.24, 2.45) is 0 Å². The average Bonchev–Trinajstić information content (AvgIpc) is 3.17. The Kier molecular flexibility index (Phi) is 3.07. The van der Waals surface area contributed by atoms with E-state index in [-0.39, 0.29) is 27.9 Å². The van der Waals surface area contributed by atoms with Crippen LogP contribution in [0.1, 0.15) is 42.1 Å². The summed E-state index contributed by atoms with van der Waals surface area (Å²) in [4.78, 5) is 11.3. The minimum Gasteiger partial charge on any atom is -0.535 e. The highest BCUT2D eigenvalue weighted by Gasteiger charge is 2.54. The first kappa shape index (κ1) is 14.4. The molecule has 0 amide bonds. The van der Waals surface area contributed by atoms with Crippen LogP contribution in [0.3, 0.4) is 0 Å². The van der Waals surface area contributed by atoms with Crippen LogP contribution in [0.15, 0.2) is 17.0 Å². The van der Waals surface area contributed by atoms with Crippen molar-refractivity contribution in [2.45, 2.75) is 42.1 Å². The topological polar surface area (TPSA) is 101 Å². The number of benzene rings is 1. The Morgan fingerprint density at radius 1 is 1.43 bits per heavy atom. The van der Waals surface area contributed by atoms with Crippen LogP contribution in [0.4, 0.5) is 0 Å². The zero-order chi connectivity index (χ0) is 15.5. The van der Waals surface area contributed by atoms with Crippen LogP contribution in [0.5, 0.6) is 5.75 Å². The van der Waals surface area contributed by atoms with Crippen molar-refractivity contribution < 1.29 is 28.0 Å². The third-order valence-corrected chi connectivity index (χ3v) is 6.33. The fraction of sp³-hybridized carbons (Fsp3) is 0.462. The summed E-state index contributed by atoms with van der Waals surface area (Å²) in [6.45, 7) is 2.99. The van der Waals surface area contributed by atoms with Crippen molar-refractivity contribution in [3.05, 3.63) is 23.3 Å². The van der Waals surface area contributed by atoms with E-state index < -0.39 is 28.2 Å². The highest BCUT2D eigenvalue weighted by molar-refractivity contribution is 7.92. The molecule has 0 unspecified atom stereocenters. The van der Waals surface area contributed by atoms with Crippen LogP contribution >= 0.6 is 0 Å². The lowest BCUT2D eigenvalue weighted by molar-refractivity contribution is 0.0690. The fourth-order valence-corrected chi connectivity index (χ4v) is 4.02. The molecule has 21 heavy (non-hydrogen) atoms. The molecule has 1 saturated carbocycles. The standard InChI is InChI=1S/C13H15BO6S/c1-6(2)21(18,19)10-4-3-7-8-5-9(8)14(17)20-12(7)11(10)13(15)16/h3-4,6,8-9,17H,5H2,1-2H3,(H,15,16)/t8-,9-/m1/s1. The summed E-state index contributed by atoms with van der Waals surface area (Å²) < 4.78 is 30.0. The van der Waals surface area contributed by atoms with Crippen molar-refractivity contribution in [2.75, 3.05) is 0 Å². The third kappa shape index (κ3) is 2.05. The Hall–Kier alpha value is -1.54. The lowest BCUT2D eigenvalue weighted by Gasteiger charge is -2.23. The van der Waals surface area contributed by atoms with Crippen molar-refractivity contribution >= 4 is 22.9 Å². The van der Waals surface area contributed by atoms with Gasteiger partial charge in [0, 0.05) is 5.82 Å². The van der Waals surface area contributed by atoms with Crippen molar-refractivity contribution in [3.8, 4) is 5.75 Å². The Bertz CT molecular complexity index is 726. The molecule has 1 aromatic carbocycles. The summed E-state index contributed by atoms with van der Waals surface area (Å²) in [6.07, 6.45) is 0.726. The molecule has 1 fully saturated rings. The quantitative estimate of drug-likeness (QED) is 0.816. The number of aromatic carboxylic acids is 1. The highest BCUT2D eigenvalue weighted by atomic mass is 32.2. The van der Waals surface area contributed by atoms with Gasteiger partial charge in [-0.25, -0.2) is 13.2 Å². The molecule has 0 spiro atoms. The van der Waals surface area contributed by atoms with Crippen LogP contribution in [0.25, 0.3) is 0 Å². The summed E-state index contributed by atoms with van der Waals surface area (Å²) >= 11 is 0. The van der Waals surface area contributed by atoms with Gasteiger partial charge in [-0.3, -0.25) is 0 Å². The van der Waals surface area contributed by atoms with Gasteiger partial charge in [-0.05, 0) is 37.8 Å².